The van der Waals surface area contributed by atoms with Gasteiger partial charge in [-0.05, 0) is 37.0 Å². The van der Waals surface area contributed by atoms with Crippen molar-refractivity contribution in [3.8, 4) is 0 Å². The Labute approximate surface area is 120 Å². The van der Waals surface area contributed by atoms with Crippen LogP contribution in [0.5, 0.6) is 0 Å². The Morgan fingerprint density at radius 1 is 1.35 bits per heavy atom. The smallest absolute Gasteiger partial charge is 0.241 e. The van der Waals surface area contributed by atoms with Gasteiger partial charge in [-0.25, -0.2) is 13.1 Å². The van der Waals surface area contributed by atoms with Crippen molar-refractivity contribution in [1.29, 1.82) is 0 Å². The molecule has 2 unspecified atom stereocenters. The van der Waals surface area contributed by atoms with Crippen molar-refractivity contribution in [3.05, 3.63) is 29.3 Å². The molecule has 6 heteroatoms. The summed E-state index contributed by atoms with van der Waals surface area (Å²) in [6, 6.07) is 4.70. The minimum atomic E-state index is -3.60. The van der Waals surface area contributed by atoms with Crippen LogP contribution < -0.4 is 10.5 Å². The lowest BCUT2D eigenvalue weighted by Gasteiger charge is -2.28. The summed E-state index contributed by atoms with van der Waals surface area (Å²) in [7, 11) is -3.60. The van der Waals surface area contributed by atoms with Crippen LogP contribution >= 0.6 is 0 Å². The zero-order valence-corrected chi connectivity index (χ0v) is 12.5. The number of hydrogen-bond acceptors (Lipinski definition) is 4. The molecule has 0 bridgehead atoms. The number of sulfonamides is 1. The zero-order valence-electron chi connectivity index (χ0n) is 11.7. The number of hydrogen-bond donors (Lipinski definition) is 3. The van der Waals surface area contributed by atoms with E-state index in [0.29, 0.717) is 24.9 Å². The number of rotatable bonds is 4. The minimum Gasteiger partial charge on any atom is -0.391 e. The van der Waals surface area contributed by atoms with E-state index in [1.807, 2.05) is 0 Å². The van der Waals surface area contributed by atoms with Crippen molar-refractivity contribution in [2.24, 2.45) is 5.73 Å². The number of aliphatic hydroxyl groups is 1. The summed E-state index contributed by atoms with van der Waals surface area (Å²) in [5.74, 6) is 0. The SMILES string of the molecule is Cc1cc(CN)ccc1S(=O)(=O)NC1CCCCC1O. The van der Waals surface area contributed by atoms with Crippen LogP contribution in [0.25, 0.3) is 0 Å². The molecule has 4 N–H and O–H groups in total. The van der Waals surface area contributed by atoms with Gasteiger partial charge in [0.15, 0.2) is 0 Å². The second kappa shape index (κ2) is 6.22. The lowest BCUT2D eigenvalue weighted by atomic mass is 9.93. The second-order valence-electron chi connectivity index (χ2n) is 5.38. The Balaban J connectivity index is 2.21. The molecule has 112 valence electrons. The molecule has 1 aliphatic rings. The molecule has 2 atom stereocenters. The molecule has 5 nitrogen and oxygen atoms in total. The van der Waals surface area contributed by atoms with Crippen molar-refractivity contribution in [1.82, 2.24) is 4.72 Å². The highest BCUT2D eigenvalue weighted by atomic mass is 32.2. The van der Waals surface area contributed by atoms with Crippen molar-refractivity contribution < 1.29 is 13.5 Å². The van der Waals surface area contributed by atoms with E-state index >= 15 is 0 Å². The van der Waals surface area contributed by atoms with Gasteiger partial charge in [-0.3, -0.25) is 0 Å². The van der Waals surface area contributed by atoms with Gasteiger partial charge in [0.05, 0.1) is 11.0 Å². The summed E-state index contributed by atoms with van der Waals surface area (Å²) in [5.41, 5.74) is 7.12. The summed E-state index contributed by atoms with van der Waals surface area (Å²) in [6.07, 6.45) is 2.62. The second-order valence-corrected chi connectivity index (χ2v) is 7.07. The first kappa shape index (κ1) is 15.4. The standard InChI is InChI=1S/C14H22N2O3S/c1-10-8-11(9-15)6-7-14(10)20(18,19)16-12-4-2-3-5-13(12)17/h6-8,12-13,16-17H,2-5,9,15H2,1H3. The van der Waals surface area contributed by atoms with Gasteiger partial charge in [0, 0.05) is 12.6 Å². The fraction of sp³-hybridized carbons (Fsp3) is 0.571. The Hall–Kier alpha value is -0.950. The molecule has 0 heterocycles. The molecule has 1 aliphatic carbocycles. The van der Waals surface area contributed by atoms with Crippen LogP contribution in [-0.4, -0.2) is 25.7 Å². The summed E-state index contributed by atoms with van der Waals surface area (Å²) >= 11 is 0. The molecule has 1 saturated carbocycles. The molecule has 0 aromatic heterocycles. The highest BCUT2D eigenvalue weighted by molar-refractivity contribution is 7.89. The van der Waals surface area contributed by atoms with E-state index in [0.717, 1.165) is 18.4 Å². The minimum absolute atomic E-state index is 0.257. The maximum absolute atomic E-state index is 12.4. The third-order valence-corrected chi connectivity index (χ3v) is 5.45. The number of nitrogens with one attached hydrogen (secondary N) is 1. The van der Waals surface area contributed by atoms with Crippen LogP contribution in [0.4, 0.5) is 0 Å². The van der Waals surface area contributed by atoms with Crippen LogP contribution in [0.2, 0.25) is 0 Å². The first-order valence-electron chi connectivity index (χ1n) is 6.94. The number of aryl methyl sites for hydroxylation is 1. The number of benzene rings is 1. The van der Waals surface area contributed by atoms with Crippen molar-refractivity contribution >= 4 is 10.0 Å². The Bertz CT molecular complexity index is 572. The summed E-state index contributed by atoms with van der Waals surface area (Å²) in [4.78, 5) is 0.257. The zero-order chi connectivity index (χ0) is 14.8. The Morgan fingerprint density at radius 3 is 2.65 bits per heavy atom. The number of nitrogens with two attached hydrogens (primary N) is 1. The van der Waals surface area contributed by atoms with E-state index in [-0.39, 0.29) is 10.9 Å². The molecule has 1 aromatic carbocycles. The van der Waals surface area contributed by atoms with Crippen LogP contribution in [0.15, 0.2) is 23.1 Å². The summed E-state index contributed by atoms with van der Waals surface area (Å²) in [5, 5.41) is 9.89. The van der Waals surface area contributed by atoms with E-state index in [2.05, 4.69) is 4.72 Å². The fourth-order valence-electron chi connectivity index (χ4n) is 2.65. The molecule has 1 aromatic rings. The predicted molar refractivity (Wildman–Crippen MR) is 77.7 cm³/mol. The van der Waals surface area contributed by atoms with Crippen molar-refractivity contribution in [2.75, 3.05) is 0 Å². The Morgan fingerprint density at radius 2 is 2.05 bits per heavy atom. The van der Waals surface area contributed by atoms with Crippen LogP contribution in [0.1, 0.15) is 36.8 Å². The topological polar surface area (TPSA) is 92.4 Å². The summed E-state index contributed by atoms with van der Waals surface area (Å²) in [6.45, 7) is 2.14. The number of aliphatic hydroxyl groups excluding tert-OH is 1. The first-order chi connectivity index (χ1) is 9.44. The van der Waals surface area contributed by atoms with Crippen LogP contribution in [-0.2, 0) is 16.6 Å². The highest BCUT2D eigenvalue weighted by Gasteiger charge is 2.28. The predicted octanol–water partition coefficient (Wildman–Crippen LogP) is 1.04. The monoisotopic (exact) mass is 298 g/mol. The molecule has 2 rings (SSSR count). The maximum Gasteiger partial charge on any atom is 0.241 e. The highest BCUT2D eigenvalue weighted by Crippen LogP contribution is 2.22. The molecule has 0 spiro atoms. The quantitative estimate of drug-likeness (QED) is 0.774. The average Bonchev–Trinajstić information content (AvgIpc) is 2.40. The maximum atomic E-state index is 12.4. The summed E-state index contributed by atoms with van der Waals surface area (Å²) < 4.78 is 27.5. The van der Waals surface area contributed by atoms with Crippen LogP contribution in [0, 0.1) is 6.92 Å². The molecular formula is C14H22N2O3S. The third kappa shape index (κ3) is 3.38. The van der Waals surface area contributed by atoms with E-state index in [4.69, 9.17) is 5.73 Å². The molecule has 1 fully saturated rings. The van der Waals surface area contributed by atoms with Crippen LogP contribution in [0.3, 0.4) is 0 Å². The van der Waals surface area contributed by atoms with Gasteiger partial charge in [0.1, 0.15) is 0 Å². The fourth-order valence-corrected chi connectivity index (χ4v) is 4.18. The normalized spacial score (nSPS) is 23.8. The molecule has 0 radical (unpaired) electrons. The van der Waals surface area contributed by atoms with E-state index in [9.17, 15) is 13.5 Å². The van der Waals surface area contributed by atoms with E-state index in [1.165, 1.54) is 0 Å². The molecule has 20 heavy (non-hydrogen) atoms. The Kier molecular flexibility index (Phi) is 4.80. The molecule has 0 amide bonds. The van der Waals surface area contributed by atoms with Gasteiger partial charge >= 0.3 is 0 Å². The molecule has 0 saturated heterocycles. The van der Waals surface area contributed by atoms with Gasteiger partial charge in [-0.2, -0.15) is 0 Å². The van der Waals surface area contributed by atoms with Gasteiger partial charge < -0.3 is 10.8 Å². The first-order valence-corrected chi connectivity index (χ1v) is 8.42. The van der Waals surface area contributed by atoms with E-state index in [1.54, 1.807) is 25.1 Å². The lowest BCUT2D eigenvalue weighted by Crippen LogP contribution is -2.45. The van der Waals surface area contributed by atoms with Gasteiger partial charge in [0.25, 0.3) is 0 Å². The van der Waals surface area contributed by atoms with Crippen molar-refractivity contribution in [3.63, 3.8) is 0 Å². The third-order valence-electron chi connectivity index (χ3n) is 3.80. The lowest BCUT2D eigenvalue weighted by molar-refractivity contribution is 0.101. The van der Waals surface area contributed by atoms with Gasteiger partial charge in [-0.1, -0.05) is 25.0 Å². The average molecular weight is 298 g/mol. The largest absolute Gasteiger partial charge is 0.391 e. The van der Waals surface area contributed by atoms with E-state index < -0.39 is 16.1 Å². The molecule has 0 aliphatic heterocycles. The van der Waals surface area contributed by atoms with Crippen molar-refractivity contribution in [2.45, 2.75) is 56.2 Å². The van der Waals surface area contributed by atoms with Gasteiger partial charge in [0.2, 0.25) is 10.0 Å². The van der Waals surface area contributed by atoms with Gasteiger partial charge in [-0.15, -0.1) is 0 Å². The molecular weight excluding hydrogens is 276 g/mol.